The maximum absolute atomic E-state index is 13.6. The number of rotatable bonds is 5. The zero-order valence-electron chi connectivity index (χ0n) is 10.9. The van der Waals surface area contributed by atoms with Gasteiger partial charge in [0.25, 0.3) is 0 Å². The summed E-state index contributed by atoms with van der Waals surface area (Å²) in [6.07, 6.45) is 0. The Kier molecular flexibility index (Phi) is 5.03. The smallest absolute Gasteiger partial charge is 0.335 e. The van der Waals surface area contributed by atoms with Crippen LogP contribution >= 0.6 is 15.9 Å². The minimum absolute atomic E-state index is 0.0279. The van der Waals surface area contributed by atoms with Crippen molar-refractivity contribution in [3.8, 4) is 0 Å². The fourth-order valence-electron chi connectivity index (χ4n) is 1.85. The van der Waals surface area contributed by atoms with Gasteiger partial charge in [-0.15, -0.1) is 0 Å². The molecule has 0 aliphatic heterocycles. The van der Waals surface area contributed by atoms with Gasteiger partial charge in [-0.25, -0.2) is 13.6 Å². The highest BCUT2D eigenvalue weighted by molar-refractivity contribution is 9.10. The van der Waals surface area contributed by atoms with E-state index in [1.807, 2.05) is 0 Å². The van der Waals surface area contributed by atoms with Gasteiger partial charge in [-0.05, 0) is 42.0 Å². The number of carbonyl (C=O) groups is 1. The standard InChI is InChI=1S/C15H12BrF2NO2/c16-13-3-2-12(17)6-10(13)7-19-8-11-5-9(15(20)21)1-4-14(11)18/h1-6,19H,7-8H2,(H,20,21). The molecule has 0 bridgehead atoms. The average molecular weight is 356 g/mol. The molecular weight excluding hydrogens is 344 g/mol. The molecule has 0 spiro atoms. The van der Waals surface area contributed by atoms with Crippen molar-refractivity contribution < 1.29 is 18.7 Å². The SMILES string of the molecule is O=C(O)c1ccc(F)c(CNCc2cc(F)ccc2Br)c1. The third-order valence-corrected chi connectivity index (χ3v) is 3.70. The summed E-state index contributed by atoms with van der Waals surface area (Å²) in [6.45, 7) is 0.477. The number of benzene rings is 2. The van der Waals surface area contributed by atoms with E-state index >= 15 is 0 Å². The molecule has 0 amide bonds. The highest BCUT2D eigenvalue weighted by Crippen LogP contribution is 2.18. The van der Waals surface area contributed by atoms with E-state index in [4.69, 9.17) is 5.11 Å². The third-order valence-electron chi connectivity index (χ3n) is 2.93. The minimum Gasteiger partial charge on any atom is -0.478 e. The van der Waals surface area contributed by atoms with E-state index in [1.165, 1.54) is 24.3 Å². The number of hydrogen-bond acceptors (Lipinski definition) is 2. The lowest BCUT2D eigenvalue weighted by atomic mass is 10.1. The largest absolute Gasteiger partial charge is 0.478 e. The van der Waals surface area contributed by atoms with Gasteiger partial charge in [0.15, 0.2) is 0 Å². The zero-order valence-corrected chi connectivity index (χ0v) is 12.5. The van der Waals surface area contributed by atoms with Gasteiger partial charge in [0, 0.05) is 23.1 Å². The number of hydrogen-bond donors (Lipinski definition) is 2. The minimum atomic E-state index is -1.11. The lowest BCUT2D eigenvalue weighted by Gasteiger charge is -2.09. The van der Waals surface area contributed by atoms with Crippen LogP contribution in [0.15, 0.2) is 40.9 Å². The van der Waals surface area contributed by atoms with Crippen LogP contribution in [0.25, 0.3) is 0 Å². The molecule has 0 saturated carbocycles. The van der Waals surface area contributed by atoms with Gasteiger partial charge < -0.3 is 10.4 Å². The molecule has 2 rings (SSSR count). The lowest BCUT2D eigenvalue weighted by Crippen LogP contribution is -2.15. The second kappa shape index (κ2) is 6.78. The van der Waals surface area contributed by atoms with Crippen molar-refractivity contribution in [2.45, 2.75) is 13.1 Å². The molecule has 0 unspecified atom stereocenters. The first kappa shape index (κ1) is 15.6. The van der Waals surface area contributed by atoms with Gasteiger partial charge >= 0.3 is 5.97 Å². The fraction of sp³-hybridized carbons (Fsp3) is 0.133. The molecule has 3 nitrogen and oxygen atoms in total. The fourth-order valence-corrected chi connectivity index (χ4v) is 2.24. The Morgan fingerprint density at radius 3 is 2.52 bits per heavy atom. The molecule has 0 saturated heterocycles. The molecule has 2 aromatic rings. The maximum Gasteiger partial charge on any atom is 0.335 e. The zero-order chi connectivity index (χ0) is 15.4. The molecule has 2 N–H and O–H groups in total. The predicted molar refractivity (Wildman–Crippen MR) is 78.0 cm³/mol. The number of carboxylic acids is 1. The van der Waals surface area contributed by atoms with Crippen LogP contribution < -0.4 is 5.32 Å². The molecule has 0 atom stereocenters. The van der Waals surface area contributed by atoms with Crippen LogP contribution in [0.1, 0.15) is 21.5 Å². The lowest BCUT2D eigenvalue weighted by molar-refractivity contribution is 0.0696. The van der Waals surface area contributed by atoms with Crippen molar-refractivity contribution in [2.24, 2.45) is 0 Å². The maximum atomic E-state index is 13.6. The quantitative estimate of drug-likeness (QED) is 0.859. The van der Waals surface area contributed by atoms with Crippen molar-refractivity contribution in [3.05, 3.63) is 69.2 Å². The molecule has 21 heavy (non-hydrogen) atoms. The normalized spacial score (nSPS) is 10.6. The molecule has 0 radical (unpaired) electrons. The van der Waals surface area contributed by atoms with Crippen LogP contribution in [0.4, 0.5) is 8.78 Å². The van der Waals surface area contributed by atoms with Crippen molar-refractivity contribution in [2.75, 3.05) is 0 Å². The Labute approximate surface area is 128 Å². The summed E-state index contributed by atoms with van der Waals surface area (Å²) >= 11 is 3.30. The highest BCUT2D eigenvalue weighted by Gasteiger charge is 2.08. The molecule has 0 aliphatic rings. The molecule has 110 valence electrons. The summed E-state index contributed by atoms with van der Waals surface area (Å²) in [5.41, 5.74) is 0.979. The topological polar surface area (TPSA) is 49.3 Å². The van der Waals surface area contributed by atoms with Gasteiger partial charge in [0.2, 0.25) is 0 Å². The van der Waals surface area contributed by atoms with Crippen molar-refractivity contribution in [3.63, 3.8) is 0 Å². The number of halogens is 3. The predicted octanol–water partition coefficient (Wildman–Crippen LogP) is 3.72. The molecule has 6 heteroatoms. The average Bonchev–Trinajstić information content (AvgIpc) is 2.44. The van der Waals surface area contributed by atoms with Crippen LogP contribution in [0, 0.1) is 11.6 Å². The molecular formula is C15H12BrF2NO2. The van der Waals surface area contributed by atoms with E-state index in [9.17, 15) is 13.6 Å². The monoisotopic (exact) mass is 355 g/mol. The van der Waals surface area contributed by atoms with Gasteiger partial charge in [-0.1, -0.05) is 15.9 Å². The van der Waals surface area contributed by atoms with Crippen LogP contribution in [-0.4, -0.2) is 11.1 Å². The molecule has 0 aliphatic carbocycles. The molecule has 0 aromatic heterocycles. The van der Waals surface area contributed by atoms with Gasteiger partial charge in [-0.3, -0.25) is 0 Å². The molecule has 0 fully saturated rings. The van der Waals surface area contributed by atoms with E-state index in [-0.39, 0.29) is 23.5 Å². The number of carboxylic acid groups (broad SMARTS) is 1. The summed E-state index contributed by atoms with van der Waals surface area (Å²) < 4.78 is 27.5. The van der Waals surface area contributed by atoms with E-state index in [0.29, 0.717) is 12.1 Å². The summed E-state index contributed by atoms with van der Waals surface area (Å²) in [5, 5.41) is 11.8. The van der Waals surface area contributed by atoms with E-state index in [2.05, 4.69) is 21.2 Å². The van der Waals surface area contributed by atoms with E-state index in [0.717, 1.165) is 10.5 Å². The van der Waals surface area contributed by atoms with Crippen LogP contribution in [0.3, 0.4) is 0 Å². The first-order valence-electron chi connectivity index (χ1n) is 6.13. The Hall–Kier alpha value is -1.79. The summed E-state index contributed by atoms with van der Waals surface area (Å²) in [5.74, 6) is -1.94. The van der Waals surface area contributed by atoms with Gasteiger partial charge in [0.1, 0.15) is 11.6 Å². The summed E-state index contributed by atoms with van der Waals surface area (Å²) in [4.78, 5) is 10.9. The third kappa shape index (κ3) is 4.09. The Bertz CT molecular complexity index is 677. The second-order valence-corrected chi connectivity index (χ2v) is 5.30. The van der Waals surface area contributed by atoms with Gasteiger partial charge in [0.05, 0.1) is 5.56 Å². The second-order valence-electron chi connectivity index (χ2n) is 4.45. The van der Waals surface area contributed by atoms with Crippen LogP contribution in [0.5, 0.6) is 0 Å². The highest BCUT2D eigenvalue weighted by atomic mass is 79.9. The Balaban J connectivity index is 2.05. The molecule has 2 aromatic carbocycles. The van der Waals surface area contributed by atoms with Crippen molar-refractivity contribution >= 4 is 21.9 Å². The number of nitrogens with one attached hydrogen (secondary N) is 1. The molecule has 0 heterocycles. The first-order chi connectivity index (χ1) is 9.97. The Morgan fingerprint density at radius 2 is 1.81 bits per heavy atom. The van der Waals surface area contributed by atoms with Crippen LogP contribution in [0.2, 0.25) is 0 Å². The van der Waals surface area contributed by atoms with E-state index in [1.54, 1.807) is 6.07 Å². The number of aromatic carboxylic acids is 1. The van der Waals surface area contributed by atoms with E-state index < -0.39 is 11.8 Å². The first-order valence-corrected chi connectivity index (χ1v) is 6.93. The van der Waals surface area contributed by atoms with Crippen molar-refractivity contribution in [1.82, 2.24) is 5.32 Å². The van der Waals surface area contributed by atoms with Crippen molar-refractivity contribution in [1.29, 1.82) is 0 Å². The summed E-state index contributed by atoms with van der Waals surface area (Å²) in [6, 6.07) is 7.93. The van der Waals surface area contributed by atoms with Crippen LogP contribution in [-0.2, 0) is 13.1 Å². The summed E-state index contributed by atoms with van der Waals surface area (Å²) in [7, 11) is 0. The Morgan fingerprint density at radius 1 is 1.10 bits per heavy atom. The van der Waals surface area contributed by atoms with Gasteiger partial charge in [-0.2, -0.15) is 0 Å².